The Morgan fingerprint density at radius 3 is 1.67 bits per heavy atom. The zero-order chi connectivity index (χ0) is 11.9. The van der Waals surface area contributed by atoms with Crippen molar-refractivity contribution in [1.29, 1.82) is 0 Å². The number of fused-ring (bicyclic) bond motifs is 2. The van der Waals surface area contributed by atoms with Crippen LogP contribution in [-0.2, 0) is 0 Å². The van der Waals surface area contributed by atoms with Crippen molar-refractivity contribution in [2.24, 2.45) is 0 Å². The lowest BCUT2D eigenvalue weighted by Crippen LogP contribution is -2.01. The first-order valence-corrected chi connectivity index (χ1v) is 5.78. The molecule has 0 aliphatic rings. The largest absolute Gasteiger partial charge is 0.299 e. The van der Waals surface area contributed by atoms with Crippen LogP contribution >= 0.6 is 0 Å². The van der Waals surface area contributed by atoms with Gasteiger partial charge in [0.2, 0.25) is 0 Å². The van der Waals surface area contributed by atoms with Crippen LogP contribution in [0.2, 0.25) is 0 Å². The average molecular weight is 234 g/mol. The third kappa shape index (κ3) is 1.20. The Bertz CT molecular complexity index is 769. The van der Waals surface area contributed by atoms with Crippen LogP contribution in [0.1, 0.15) is 0 Å². The first kappa shape index (κ1) is 9.41. The van der Waals surface area contributed by atoms with Crippen molar-refractivity contribution in [1.82, 2.24) is 18.8 Å². The van der Waals surface area contributed by atoms with Crippen LogP contribution in [0.4, 0.5) is 0 Å². The molecule has 0 aliphatic heterocycles. The highest BCUT2D eigenvalue weighted by atomic mass is 15.1. The Kier molecular flexibility index (Phi) is 1.80. The van der Waals surface area contributed by atoms with Gasteiger partial charge in [-0.3, -0.25) is 8.80 Å². The van der Waals surface area contributed by atoms with Gasteiger partial charge in [-0.2, -0.15) is 0 Å². The van der Waals surface area contributed by atoms with E-state index >= 15 is 0 Å². The van der Waals surface area contributed by atoms with Crippen molar-refractivity contribution in [2.45, 2.75) is 0 Å². The number of aromatic nitrogens is 4. The smallest absolute Gasteiger partial charge is 0.181 e. The Morgan fingerprint density at radius 2 is 1.17 bits per heavy atom. The second-order valence-electron chi connectivity index (χ2n) is 4.14. The standard InChI is InChI=1S/C14H10N4/c1-3-11-5-7-15-13(17(11)9-1)14-16-8-6-12-4-2-10-18(12)14/h1-10H. The molecule has 4 aromatic rings. The van der Waals surface area contributed by atoms with Gasteiger partial charge in [-0.05, 0) is 36.4 Å². The Labute approximate surface area is 103 Å². The van der Waals surface area contributed by atoms with E-state index in [-0.39, 0.29) is 0 Å². The van der Waals surface area contributed by atoms with Crippen LogP contribution in [0.3, 0.4) is 0 Å². The molecule has 0 amide bonds. The van der Waals surface area contributed by atoms with Crippen molar-refractivity contribution < 1.29 is 0 Å². The van der Waals surface area contributed by atoms with Crippen molar-refractivity contribution in [3.05, 3.63) is 61.2 Å². The molecule has 4 heteroatoms. The van der Waals surface area contributed by atoms with E-state index in [0.29, 0.717) is 0 Å². The van der Waals surface area contributed by atoms with Crippen LogP contribution in [-0.4, -0.2) is 18.8 Å². The molecule has 18 heavy (non-hydrogen) atoms. The molecule has 0 saturated carbocycles. The van der Waals surface area contributed by atoms with Gasteiger partial charge in [-0.25, -0.2) is 9.97 Å². The van der Waals surface area contributed by atoms with Crippen molar-refractivity contribution in [3.8, 4) is 11.6 Å². The second-order valence-corrected chi connectivity index (χ2v) is 4.14. The fourth-order valence-corrected chi connectivity index (χ4v) is 2.27. The fraction of sp³-hybridized carbons (Fsp3) is 0. The summed E-state index contributed by atoms with van der Waals surface area (Å²) in [4.78, 5) is 8.92. The number of hydrogen-bond donors (Lipinski definition) is 0. The zero-order valence-electron chi connectivity index (χ0n) is 9.56. The third-order valence-corrected chi connectivity index (χ3v) is 3.10. The van der Waals surface area contributed by atoms with E-state index in [0.717, 1.165) is 22.7 Å². The lowest BCUT2D eigenvalue weighted by molar-refractivity contribution is 1.01. The minimum atomic E-state index is 0.847. The van der Waals surface area contributed by atoms with Crippen LogP contribution in [0, 0.1) is 0 Å². The van der Waals surface area contributed by atoms with Gasteiger partial charge in [0.15, 0.2) is 11.6 Å². The SMILES string of the molecule is c1cc2ccnc(-c3nccc4cccn34)n2c1. The summed E-state index contributed by atoms with van der Waals surface area (Å²) < 4.78 is 4.09. The summed E-state index contributed by atoms with van der Waals surface area (Å²) in [6.07, 6.45) is 7.63. The Balaban J connectivity index is 2.13. The lowest BCUT2D eigenvalue weighted by Gasteiger charge is -2.06. The van der Waals surface area contributed by atoms with E-state index < -0.39 is 0 Å². The topological polar surface area (TPSA) is 34.6 Å². The Morgan fingerprint density at radius 1 is 0.667 bits per heavy atom. The molecule has 4 heterocycles. The summed E-state index contributed by atoms with van der Waals surface area (Å²) in [7, 11) is 0. The molecule has 4 nitrogen and oxygen atoms in total. The van der Waals surface area contributed by atoms with Crippen LogP contribution in [0.15, 0.2) is 61.2 Å². The summed E-state index contributed by atoms with van der Waals surface area (Å²) >= 11 is 0. The fourth-order valence-electron chi connectivity index (χ4n) is 2.27. The predicted octanol–water partition coefficient (Wildman–Crippen LogP) is 2.65. The van der Waals surface area contributed by atoms with Crippen LogP contribution in [0.5, 0.6) is 0 Å². The van der Waals surface area contributed by atoms with Gasteiger partial charge in [0.25, 0.3) is 0 Å². The van der Waals surface area contributed by atoms with Gasteiger partial charge in [0.05, 0.1) is 0 Å². The highest BCUT2D eigenvalue weighted by Gasteiger charge is 2.09. The lowest BCUT2D eigenvalue weighted by atomic mass is 10.4. The quantitative estimate of drug-likeness (QED) is 0.507. The molecule has 4 aromatic heterocycles. The summed E-state index contributed by atoms with van der Waals surface area (Å²) in [5.41, 5.74) is 2.23. The summed E-state index contributed by atoms with van der Waals surface area (Å²) in [5.74, 6) is 1.69. The van der Waals surface area contributed by atoms with E-state index in [2.05, 4.69) is 22.1 Å². The maximum atomic E-state index is 4.46. The molecule has 0 unspecified atom stereocenters. The van der Waals surface area contributed by atoms with Crippen molar-refractivity contribution in [2.75, 3.05) is 0 Å². The van der Waals surface area contributed by atoms with Gasteiger partial charge >= 0.3 is 0 Å². The van der Waals surface area contributed by atoms with Gasteiger partial charge in [0.1, 0.15) is 0 Å². The second kappa shape index (κ2) is 3.43. The molecule has 0 atom stereocenters. The predicted molar refractivity (Wildman–Crippen MR) is 69.4 cm³/mol. The van der Waals surface area contributed by atoms with Gasteiger partial charge < -0.3 is 0 Å². The normalized spacial score (nSPS) is 11.3. The van der Waals surface area contributed by atoms with E-state index in [1.165, 1.54) is 0 Å². The van der Waals surface area contributed by atoms with E-state index in [1.807, 2.05) is 57.9 Å². The molecule has 4 rings (SSSR count). The molecule has 0 spiro atoms. The number of rotatable bonds is 1. The average Bonchev–Trinajstić information content (AvgIpc) is 3.06. The summed E-state index contributed by atoms with van der Waals surface area (Å²) in [6, 6.07) is 12.1. The third-order valence-electron chi connectivity index (χ3n) is 3.10. The number of nitrogens with zero attached hydrogens (tertiary/aromatic N) is 4. The molecule has 0 aliphatic carbocycles. The molecule has 0 N–H and O–H groups in total. The molecular formula is C14H10N4. The first-order valence-electron chi connectivity index (χ1n) is 5.78. The number of hydrogen-bond acceptors (Lipinski definition) is 2. The highest BCUT2D eigenvalue weighted by molar-refractivity contribution is 5.60. The summed E-state index contributed by atoms with van der Waals surface area (Å²) in [5, 5.41) is 0. The zero-order valence-corrected chi connectivity index (χ0v) is 9.56. The van der Waals surface area contributed by atoms with Gasteiger partial charge in [-0.15, -0.1) is 0 Å². The molecular weight excluding hydrogens is 224 g/mol. The van der Waals surface area contributed by atoms with Crippen LogP contribution < -0.4 is 0 Å². The van der Waals surface area contributed by atoms with E-state index in [4.69, 9.17) is 0 Å². The maximum Gasteiger partial charge on any atom is 0.181 e. The minimum Gasteiger partial charge on any atom is -0.299 e. The van der Waals surface area contributed by atoms with Crippen molar-refractivity contribution >= 4 is 11.0 Å². The van der Waals surface area contributed by atoms with Crippen LogP contribution in [0.25, 0.3) is 22.7 Å². The van der Waals surface area contributed by atoms with E-state index in [9.17, 15) is 0 Å². The first-order chi connectivity index (χ1) is 8.93. The molecule has 0 saturated heterocycles. The van der Waals surface area contributed by atoms with E-state index in [1.54, 1.807) is 0 Å². The molecule has 86 valence electrons. The highest BCUT2D eigenvalue weighted by Crippen LogP contribution is 2.18. The van der Waals surface area contributed by atoms with Crippen molar-refractivity contribution in [3.63, 3.8) is 0 Å². The van der Waals surface area contributed by atoms with Gasteiger partial charge in [-0.1, -0.05) is 0 Å². The Hall–Kier alpha value is -2.62. The maximum absolute atomic E-state index is 4.46. The molecule has 0 aromatic carbocycles. The summed E-state index contributed by atoms with van der Waals surface area (Å²) in [6.45, 7) is 0. The molecule has 0 bridgehead atoms. The molecule has 0 fully saturated rings. The monoisotopic (exact) mass is 234 g/mol. The van der Waals surface area contributed by atoms with Gasteiger partial charge in [0, 0.05) is 35.8 Å². The minimum absolute atomic E-state index is 0.847. The molecule has 0 radical (unpaired) electrons.